The molecule has 11 heavy (non-hydrogen) atoms. The van der Waals surface area contributed by atoms with Gasteiger partial charge in [0.15, 0.2) is 5.78 Å². The lowest BCUT2D eigenvalue weighted by Gasteiger charge is -1.98. The Labute approximate surface area is 87.5 Å². The first-order valence-electron chi connectivity index (χ1n) is 3.07. The van der Waals surface area contributed by atoms with Gasteiger partial charge < -0.3 is 0 Å². The molecule has 0 bridgehead atoms. The Kier molecular flexibility index (Phi) is 3.06. The van der Waals surface area contributed by atoms with E-state index in [4.69, 9.17) is 0 Å². The molecule has 0 fully saturated rings. The summed E-state index contributed by atoms with van der Waals surface area (Å²) in [5.41, 5.74) is 0.741. The molecule has 58 valence electrons. The Bertz CT molecular complexity index is 296. The molecule has 0 saturated carbocycles. The summed E-state index contributed by atoms with van der Waals surface area (Å²) in [5.74, 6) is 0.0910. The van der Waals surface area contributed by atoms with Gasteiger partial charge in [-0.2, -0.15) is 0 Å². The summed E-state index contributed by atoms with van der Waals surface area (Å²) < 4.78 is 2.00. The van der Waals surface area contributed by atoms with Crippen LogP contribution in [0.5, 0.6) is 0 Å². The van der Waals surface area contributed by atoms with Gasteiger partial charge in [0.1, 0.15) is 0 Å². The molecule has 0 saturated heterocycles. The third-order valence-corrected chi connectivity index (χ3v) is 2.64. The number of carbonyl (C=O) groups excluding carboxylic acids is 1. The highest BCUT2D eigenvalue weighted by Crippen LogP contribution is 2.19. The van der Waals surface area contributed by atoms with E-state index >= 15 is 0 Å². The van der Waals surface area contributed by atoms with Crippen LogP contribution in [0.2, 0.25) is 0 Å². The quantitative estimate of drug-likeness (QED) is 0.572. The van der Waals surface area contributed by atoms with Gasteiger partial charge in [-0.05, 0) is 47.7 Å². The van der Waals surface area contributed by atoms with Crippen LogP contribution in [0.15, 0.2) is 22.7 Å². The molecule has 0 amide bonds. The number of benzene rings is 1. The molecule has 1 nitrogen and oxygen atoms in total. The SMILES string of the molecule is CC(=O)c1ccc(I)cc1Br. The number of halogens is 2. The normalized spacial score (nSPS) is 9.73. The molecule has 0 heterocycles. The zero-order valence-electron chi connectivity index (χ0n) is 5.90. The summed E-state index contributed by atoms with van der Waals surface area (Å²) in [5, 5.41) is 0. The van der Waals surface area contributed by atoms with E-state index in [0.717, 1.165) is 13.6 Å². The van der Waals surface area contributed by atoms with E-state index in [0.29, 0.717) is 0 Å². The maximum atomic E-state index is 10.9. The van der Waals surface area contributed by atoms with Crippen LogP contribution in [0.4, 0.5) is 0 Å². The van der Waals surface area contributed by atoms with Crippen LogP contribution >= 0.6 is 38.5 Å². The fraction of sp³-hybridized carbons (Fsp3) is 0.125. The lowest BCUT2D eigenvalue weighted by molar-refractivity contribution is 0.101. The van der Waals surface area contributed by atoms with Crippen molar-refractivity contribution in [3.05, 3.63) is 31.8 Å². The Hall–Kier alpha value is 0.1000. The monoisotopic (exact) mass is 324 g/mol. The summed E-state index contributed by atoms with van der Waals surface area (Å²) in [7, 11) is 0. The minimum Gasteiger partial charge on any atom is -0.294 e. The van der Waals surface area contributed by atoms with Crippen molar-refractivity contribution >= 4 is 44.3 Å². The van der Waals surface area contributed by atoms with Crippen molar-refractivity contribution in [1.29, 1.82) is 0 Å². The maximum Gasteiger partial charge on any atom is 0.160 e. The second-order valence-corrected chi connectivity index (χ2v) is 4.28. The minimum atomic E-state index is 0.0910. The number of ketones is 1. The van der Waals surface area contributed by atoms with Gasteiger partial charge >= 0.3 is 0 Å². The van der Waals surface area contributed by atoms with Crippen LogP contribution in [0.25, 0.3) is 0 Å². The molecule has 0 aliphatic heterocycles. The number of Topliss-reactive ketones (excluding diaryl/α,β-unsaturated/α-hetero) is 1. The molecule has 1 aromatic carbocycles. The highest BCUT2D eigenvalue weighted by atomic mass is 127. The topological polar surface area (TPSA) is 17.1 Å². The van der Waals surface area contributed by atoms with Gasteiger partial charge in [0.2, 0.25) is 0 Å². The Morgan fingerprint density at radius 3 is 2.64 bits per heavy atom. The van der Waals surface area contributed by atoms with Crippen molar-refractivity contribution in [2.24, 2.45) is 0 Å². The van der Waals surface area contributed by atoms with Crippen LogP contribution in [0, 0.1) is 3.57 Å². The molecule has 0 spiro atoms. The zero-order valence-corrected chi connectivity index (χ0v) is 9.64. The van der Waals surface area contributed by atoms with Gasteiger partial charge in [-0.15, -0.1) is 0 Å². The average Bonchev–Trinajstić information content (AvgIpc) is 1.85. The largest absolute Gasteiger partial charge is 0.294 e. The maximum absolute atomic E-state index is 10.9. The van der Waals surface area contributed by atoms with E-state index < -0.39 is 0 Å². The first-order valence-corrected chi connectivity index (χ1v) is 4.94. The molecule has 0 aliphatic rings. The van der Waals surface area contributed by atoms with Crippen molar-refractivity contribution in [2.45, 2.75) is 6.92 Å². The van der Waals surface area contributed by atoms with Crippen molar-refractivity contribution < 1.29 is 4.79 Å². The summed E-state index contributed by atoms with van der Waals surface area (Å²) in [6, 6.07) is 5.67. The zero-order chi connectivity index (χ0) is 8.43. The van der Waals surface area contributed by atoms with E-state index in [1.54, 1.807) is 6.92 Å². The van der Waals surface area contributed by atoms with Crippen molar-refractivity contribution in [3.8, 4) is 0 Å². The number of hydrogen-bond donors (Lipinski definition) is 0. The lowest BCUT2D eigenvalue weighted by Crippen LogP contribution is -1.92. The van der Waals surface area contributed by atoms with Crippen LogP contribution in [-0.2, 0) is 0 Å². The van der Waals surface area contributed by atoms with Gasteiger partial charge in [-0.25, -0.2) is 0 Å². The smallest absolute Gasteiger partial charge is 0.160 e. The number of carbonyl (C=O) groups is 1. The van der Waals surface area contributed by atoms with Crippen LogP contribution < -0.4 is 0 Å². The molecule has 0 unspecified atom stereocenters. The van der Waals surface area contributed by atoms with Gasteiger partial charge in [0.25, 0.3) is 0 Å². The van der Waals surface area contributed by atoms with E-state index in [-0.39, 0.29) is 5.78 Å². The molecular weight excluding hydrogens is 319 g/mol. The predicted octanol–water partition coefficient (Wildman–Crippen LogP) is 3.26. The number of hydrogen-bond acceptors (Lipinski definition) is 1. The summed E-state index contributed by atoms with van der Waals surface area (Å²) in [6.45, 7) is 1.56. The first-order chi connectivity index (χ1) is 5.11. The molecule has 3 heteroatoms. The van der Waals surface area contributed by atoms with Crippen LogP contribution in [0.1, 0.15) is 17.3 Å². The van der Waals surface area contributed by atoms with Crippen LogP contribution in [-0.4, -0.2) is 5.78 Å². The van der Waals surface area contributed by atoms with Gasteiger partial charge in [-0.1, -0.05) is 15.9 Å². The second kappa shape index (κ2) is 3.67. The molecule has 0 aromatic heterocycles. The highest BCUT2D eigenvalue weighted by Gasteiger charge is 2.03. The molecule has 0 radical (unpaired) electrons. The van der Waals surface area contributed by atoms with E-state index in [9.17, 15) is 4.79 Å². The van der Waals surface area contributed by atoms with Crippen LogP contribution in [0.3, 0.4) is 0 Å². The standard InChI is InChI=1S/C8H6BrIO/c1-5(11)7-3-2-6(10)4-8(7)9/h2-4H,1H3. The van der Waals surface area contributed by atoms with Gasteiger partial charge in [-0.3, -0.25) is 4.79 Å². The fourth-order valence-electron chi connectivity index (χ4n) is 0.775. The highest BCUT2D eigenvalue weighted by molar-refractivity contribution is 14.1. The molecule has 1 rings (SSSR count). The van der Waals surface area contributed by atoms with Crippen molar-refractivity contribution in [1.82, 2.24) is 0 Å². The lowest BCUT2D eigenvalue weighted by atomic mass is 10.2. The van der Waals surface area contributed by atoms with E-state index in [2.05, 4.69) is 38.5 Å². The fourth-order valence-corrected chi connectivity index (χ4v) is 2.35. The summed E-state index contributed by atoms with van der Waals surface area (Å²) in [6.07, 6.45) is 0. The Morgan fingerprint density at radius 1 is 1.55 bits per heavy atom. The molecule has 0 atom stereocenters. The first kappa shape index (κ1) is 9.19. The van der Waals surface area contributed by atoms with E-state index in [1.807, 2.05) is 18.2 Å². The third-order valence-electron chi connectivity index (χ3n) is 1.31. The van der Waals surface area contributed by atoms with E-state index in [1.165, 1.54) is 0 Å². The Balaban J connectivity index is 3.20. The molecular formula is C8H6BrIO. The van der Waals surface area contributed by atoms with Gasteiger partial charge in [0, 0.05) is 13.6 Å². The minimum absolute atomic E-state index is 0.0910. The predicted molar refractivity (Wildman–Crippen MR) is 56.9 cm³/mol. The summed E-state index contributed by atoms with van der Waals surface area (Å²) in [4.78, 5) is 10.9. The average molecular weight is 325 g/mol. The van der Waals surface area contributed by atoms with Crippen molar-refractivity contribution in [3.63, 3.8) is 0 Å². The molecule has 0 N–H and O–H groups in total. The van der Waals surface area contributed by atoms with Crippen molar-refractivity contribution in [2.75, 3.05) is 0 Å². The molecule has 0 aliphatic carbocycles. The number of rotatable bonds is 1. The second-order valence-electron chi connectivity index (χ2n) is 2.18. The summed E-state index contributed by atoms with van der Waals surface area (Å²) >= 11 is 5.53. The third kappa shape index (κ3) is 2.27. The Morgan fingerprint density at radius 2 is 2.18 bits per heavy atom. The molecule has 1 aromatic rings. The van der Waals surface area contributed by atoms with Gasteiger partial charge in [0.05, 0.1) is 0 Å².